The molecule has 20 heavy (non-hydrogen) atoms. The van der Waals surface area contributed by atoms with E-state index in [2.05, 4.69) is 0 Å². The number of rotatable bonds is 4. The van der Waals surface area contributed by atoms with E-state index in [1.807, 2.05) is 0 Å². The van der Waals surface area contributed by atoms with Crippen LogP contribution in [-0.2, 0) is 4.79 Å². The molecule has 0 spiro atoms. The highest BCUT2D eigenvalue weighted by molar-refractivity contribution is 5.95. The number of primary amides is 1. The van der Waals surface area contributed by atoms with Gasteiger partial charge in [-0.1, -0.05) is 12.1 Å². The maximum absolute atomic E-state index is 12.0. The topological polar surface area (TPSA) is 92.9 Å². The molecule has 108 valence electrons. The lowest BCUT2D eigenvalue weighted by atomic mass is 10.1. The van der Waals surface area contributed by atoms with E-state index in [0.717, 1.165) is 0 Å². The number of likely N-dealkylation sites (tertiary alicyclic amines) is 1. The molecule has 0 atom stereocenters. The van der Waals surface area contributed by atoms with Crippen LogP contribution < -0.4 is 10.5 Å². The van der Waals surface area contributed by atoms with Crippen molar-refractivity contribution >= 4 is 11.8 Å². The van der Waals surface area contributed by atoms with Gasteiger partial charge in [0.15, 0.2) is 6.61 Å². The Hall–Kier alpha value is -2.08. The number of hydrogen-bond acceptors (Lipinski definition) is 4. The van der Waals surface area contributed by atoms with E-state index in [1.54, 1.807) is 29.2 Å². The van der Waals surface area contributed by atoms with Gasteiger partial charge in [-0.15, -0.1) is 0 Å². The monoisotopic (exact) mass is 278 g/mol. The molecule has 6 nitrogen and oxygen atoms in total. The van der Waals surface area contributed by atoms with Crippen molar-refractivity contribution in [3.63, 3.8) is 0 Å². The Morgan fingerprint density at radius 1 is 1.30 bits per heavy atom. The molecule has 0 aliphatic carbocycles. The number of carbonyl (C=O) groups is 2. The SMILES string of the molecule is NC(=O)c1ccccc1OCC(=O)N1CCC(O)CC1. The Balaban J connectivity index is 1.92. The van der Waals surface area contributed by atoms with Crippen molar-refractivity contribution in [2.24, 2.45) is 5.73 Å². The molecule has 0 radical (unpaired) electrons. The van der Waals surface area contributed by atoms with Crippen molar-refractivity contribution in [2.45, 2.75) is 18.9 Å². The second-order valence-corrected chi connectivity index (χ2v) is 4.76. The van der Waals surface area contributed by atoms with E-state index in [9.17, 15) is 14.7 Å². The Labute approximate surface area is 117 Å². The van der Waals surface area contributed by atoms with Crippen molar-refractivity contribution < 1.29 is 19.4 Å². The van der Waals surface area contributed by atoms with Gasteiger partial charge < -0.3 is 20.5 Å². The summed E-state index contributed by atoms with van der Waals surface area (Å²) in [6.45, 7) is 0.919. The normalized spacial score (nSPS) is 15.9. The van der Waals surface area contributed by atoms with Crippen LogP contribution in [0.15, 0.2) is 24.3 Å². The predicted octanol–water partition coefficient (Wildman–Crippen LogP) is 0.148. The van der Waals surface area contributed by atoms with Crippen molar-refractivity contribution in [3.05, 3.63) is 29.8 Å². The van der Waals surface area contributed by atoms with Crippen LogP contribution in [0.2, 0.25) is 0 Å². The molecule has 3 N–H and O–H groups in total. The third-order valence-corrected chi connectivity index (χ3v) is 3.32. The number of para-hydroxylation sites is 1. The molecular weight excluding hydrogens is 260 g/mol. The quantitative estimate of drug-likeness (QED) is 0.819. The molecular formula is C14H18N2O4. The minimum atomic E-state index is -0.589. The van der Waals surface area contributed by atoms with E-state index in [0.29, 0.717) is 31.7 Å². The summed E-state index contributed by atoms with van der Waals surface area (Å²) in [6, 6.07) is 6.55. The lowest BCUT2D eigenvalue weighted by Gasteiger charge is -2.29. The van der Waals surface area contributed by atoms with Crippen molar-refractivity contribution in [1.29, 1.82) is 0 Å². The minimum Gasteiger partial charge on any atom is -0.483 e. The first-order chi connectivity index (χ1) is 9.58. The fourth-order valence-electron chi connectivity index (χ4n) is 2.14. The van der Waals surface area contributed by atoms with Crippen LogP contribution in [0.3, 0.4) is 0 Å². The highest BCUT2D eigenvalue weighted by Crippen LogP contribution is 2.17. The first kappa shape index (κ1) is 14.3. The number of carbonyl (C=O) groups excluding carboxylic acids is 2. The van der Waals surface area contributed by atoms with E-state index in [4.69, 9.17) is 10.5 Å². The molecule has 0 unspecified atom stereocenters. The van der Waals surface area contributed by atoms with Gasteiger partial charge in [0.2, 0.25) is 0 Å². The largest absolute Gasteiger partial charge is 0.483 e. The van der Waals surface area contributed by atoms with E-state index >= 15 is 0 Å². The number of amides is 2. The van der Waals surface area contributed by atoms with Crippen LogP contribution in [0.25, 0.3) is 0 Å². The fraction of sp³-hybridized carbons (Fsp3) is 0.429. The number of aliphatic hydroxyl groups excluding tert-OH is 1. The second kappa shape index (κ2) is 6.38. The second-order valence-electron chi connectivity index (χ2n) is 4.76. The molecule has 1 heterocycles. The average molecular weight is 278 g/mol. The third kappa shape index (κ3) is 3.48. The van der Waals surface area contributed by atoms with Gasteiger partial charge in [0.25, 0.3) is 11.8 Å². The number of aliphatic hydroxyl groups is 1. The summed E-state index contributed by atoms with van der Waals surface area (Å²) in [5.41, 5.74) is 5.50. The standard InChI is InChI=1S/C14H18N2O4/c15-14(19)11-3-1-2-4-12(11)20-9-13(18)16-7-5-10(17)6-8-16/h1-4,10,17H,5-9H2,(H2,15,19). The van der Waals surface area contributed by atoms with Gasteiger partial charge in [0.1, 0.15) is 5.75 Å². The van der Waals surface area contributed by atoms with Crippen LogP contribution in [0.5, 0.6) is 5.75 Å². The highest BCUT2D eigenvalue weighted by atomic mass is 16.5. The van der Waals surface area contributed by atoms with Crippen LogP contribution >= 0.6 is 0 Å². The zero-order valence-electron chi connectivity index (χ0n) is 11.1. The zero-order valence-corrected chi connectivity index (χ0v) is 11.1. The van der Waals surface area contributed by atoms with Crippen LogP contribution in [0.1, 0.15) is 23.2 Å². The van der Waals surface area contributed by atoms with Gasteiger partial charge in [-0.2, -0.15) is 0 Å². The summed E-state index contributed by atoms with van der Waals surface area (Å²) >= 11 is 0. The zero-order chi connectivity index (χ0) is 14.5. The first-order valence-corrected chi connectivity index (χ1v) is 6.55. The van der Waals surface area contributed by atoms with Crippen LogP contribution in [-0.4, -0.2) is 47.6 Å². The predicted molar refractivity (Wildman–Crippen MR) is 72.3 cm³/mol. The molecule has 2 rings (SSSR count). The molecule has 2 amide bonds. The maximum atomic E-state index is 12.0. The van der Waals surface area contributed by atoms with Gasteiger partial charge in [0, 0.05) is 13.1 Å². The maximum Gasteiger partial charge on any atom is 0.260 e. The molecule has 1 saturated heterocycles. The number of nitrogens with zero attached hydrogens (tertiary/aromatic N) is 1. The average Bonchev–Trinajstić information content (AvgIpc) is 2.45. The lowest BCUT2D eigenvalue weighted by Crippen LogP contribution is -2.42. The highest BCUT2D eigenvalue weighted by Gasteiger charge is 2.21. The van der Waals surface area contributed by atoms with Gasteiger partial charge in [-0.3, -0.25) is 9.59 Å². The van der Waals surface area contributed by atoms with Gasteiger partial charge >= 0.3 is 0 Å². The van der Waals surface area contributed by atoms with Gasteiger partial charge in [0.05, 0.1) is 11.7 Å². The molecule has 1 fully saturated rings. The smallest absolute Gasteiger partial charge is 0.260 e. The minimum absolute atomic E-state index is 0.139. The van der Waals surface area contributed by atoms with Crippen LogP contribution in [0, 0.1) is 0 Å². The number of hydrogen-bond donors (Lipinski definition) is 2. The summed E-state index contributed by atoms with van der Waals surface area (Å²) < 4.78 is 5.39. The molecule has 1 aliphatic rings. The summed E-state index contributed by atoms with van der Waals surface area (Å²) in [4.78, 5) is 24.8. The molecule has 1 aromatic carbocycles. The Kier molecular flexibility index (Phi) is 4.57. The van der Waals surface area contributed by atoms with E-state index in [1.165, 1.54) is 0 Å². The number of nitrogens with two attached hydrogens (primary N) is 1. The Morgan fingerprint density at radius 3 is 2.60 bits per heavy atom. The number of piperidine rings is 1. The Morgan fingerprint density at radius 2 is 1.95 bits per heavy atom. The van der Waals surface area contributed by atoms with Crippen molar-refractivity contribution in [3.8, 4) is 5.75 Å². The molecule has 0 aromatic heterocycles. The molecule has 0 saturated carbocycles. The molecule has 1 aliphatic heterocycles. The number of benzene rings is 1. The Bertz CT molecular complexity index is 496. The summed E-state index contributed by atoms with van der Waals surface area (Å²) in [5, 5.41) is 9.39. The van der Waals surface area contributed by atoms with E-state index < -0.39 is 5.91 Å². The van der Waals surface area contributed by atoms with Crippen LogP contribution in [0.4, 0.5) is 0 Å². The van der Waals surface area contributed by atoms with Crippen molar-refractivity contribution in [2.75, 3.05) is 19.7 Å². The molecule has 1 aromatic rings. The van der Waals surface area contributed by atoms with Gasteiger partial charge in [-0.05, 0) is 25.0 Å². The first-order valence-electron chi connectivity index (χ1n) is 6.55. The molecule has 0 bridgehead atoms. The molecule has 6 heteroatoms. The lowest BCUT2D eigenvalue weighted by molar-refractivity contribution is -0.135. The third-order valence-electron chi connectivity index (χ3n) is 3.32. The summed E-state index contributed by atoms with van der Waals surface area (Å²) in [6.07, 6.45) is 0.850. The van der Waals surface area contributed by atoms with Crippen molar-refractivity contribution in [1.82, 2.24) is 4.90 Å². The summed E-state index contributed by atoms with van der Waals surface area (Å²) in [7, 11) is 0. The number of ether oxygens (including phenoxy) is 1. The fourth-order valence-corrected chi connectivity index (χ4v) is 2.14. The van der Waals surface area contributed by atoms with E-state index in [-0.39, 0.29) is 24.2 Å². The summed E-state index contributed by atoms with van der Waals surface area (Å²) in [5.74, 6) is -0.435. The van der Waals surface area contributed by atoms with Gasteiger partial charge in [-0.25, -0.2) is 0 Å².